The van der Waals surface area contributed by atoms with E-state index >= 15 is 0 Å². The normalized spacial score (nSPS) is 10.3. The van der Waals surface area contributed by atoms with E-state index in [4.69, 9.17) is 27.9 Å². The van der Waals surface area contributed by atoms with Crippen molar-refractivity contribution >= 4 is 61.5 Å². The number of hydrogen-bond acceptors (Lipinski definition) is 2. The van der Waals surface area contributed by atoms with Gasteiger partial charge in [-0.25, -0.2) is 0 Å². The Kier molecular flexibility index (Phi) is 7.10. The minimum atomic E-state index is -0.0687. The minimum Gasteiger partial charge on any atom is -0.497 e. The van der Waals surface area contributed by atoms with Crippen molar-refractivity contribution in [1.82, 2.24) is 0 Å². The van der Waals surface area contributed by atoms with Crippen LogP contribution in [0.15, 0.2) is 42.5 Å². The summed E-state index contributed by atoms with van der Waals surface area (Å²) < 4.78 is 5.07. The maximum atomic E-state index is 12.2. The molecule has 0 amide bonds. The molecule has 20 heavy (non-hydrogen) atoms. The molecule has 99 valence electrons. The summed E-state index contributed by atoms with van der Waals surface area (Å²) in [5.41, 5.74) is 0.320. The van der Waals surface area contributed by atoms with Crippen LogP contribution in [0.4, 0.5) is 0 Å². The third-order valence-corrected chi connectivity index (χ3v) is 4.27. The summed E-state index contributed by atoms with van der Waals surface area (Å²) >= 11 is 12.0. The van der Waals surface area contributed by atoms with E-state index < -0.39 is 0 Å². The van der Waals surface area contributed by atoms with Crippen molar-refractivity contribution in [2.24, 2.45) is 0 Å². The van der Waals surface area contributed by atoms with E-state index in [0.717, 1.165) is 11.1 Å². The van der Waals surface area contributed by atoms with Gasteiger partial charge in [0.1, 0.15) is 5.75 Å². The van der Waals surface area contributed by atoms with Crippen LogP contribution in [-0.2, 0) is 0 Å². The van der Waals surface area contributed by atoms with Gasteiger partial charge in [0.15, 0.2) is 5.52 Å². The maximum absolute atomic E-state index is 12.2. The number of benzene rings is 2. The number of rotatable bonds is 4. The van der Waals surface area contributed by atoms with Gasteiger partial charge in [-0.15, -0.1) is 0 Å². The Balaban J connectivity index is 0.00000200. The van der Waals surface area contributed by atoms with Gasteiger partial charge in [-0.2, -0.15) is 0 Å². The molecule has 1 atom stereocenters. The first-order chi connectivity index (χ1) is 9.11. The van der Waals surface area contributed by atoms with Crippen molar-refractivity contribution in [3.63, 3.8) is 0 Å². The molecule has 2 rings (SSSR count). The third kappa shape index (κ3) is 4.25. The molecule has 0 aromatic heterocycles. The van der Waals surface area contributed by atoms with E-state index in [2.05, 4.69) is 0 Å². The van der Waals surface area contributed by atoms with Crippen LogP contribution in [0.25, 0.3) is 0 Å². The predicted molar refractivity (Wildman–Crippen MR) is 87.5 cm³/mol. The zero-order chi connectivity index (χ0) is 13.8. The van der Waals surface area contributed by atoms with Gasteiger partial charge >= 0.3 is 0 Å². The number of hydrogen-bond donors (Lipinski definition) is 0. The molecule has 0 bridgehead atoms. The number of carbonyl (C=O) groups is 1. The zero-order valence-corrected chi connectivity index (χ0v) is 13.6. The topological polar surface area (TPSA) is 26.3 Å². The van der Waals surface area contributed by atoms with Crippen molar-refractivity contribution in [1.29, 1.82) is 0 Å². The summed E-state index contributed by atoms with van der Waals surface area (Å²) in [7, 11) is 1.59. The van der Waals surface area contributed by atoms with Gasteiger partial charge in [0, 0.05) is 18.9 Å². The number of halogens is 2. The van der Waals surface area contributed by atoms with E-state index in [0.29, 0.717) is 15.6 Å². The molecule has 1 radical (unpaired) electrons. The van der Waals surface area contributed by atoms with Gasteiger partial charge in [0.25, 0.3) is 0 Å². The first kappa shape index (κ1) is 17.6. The summed E-state index contributed by atoms with van der Waals surface area (Å²) in [5, 5.41) is 1.69. The fourth-order valence-electron chi connectivity index (χ4n) is 1.58. The van der Waals surface area contributed by atoms with Crippen molar-refractivity contribution < 1.29 is 9.53 Å². The fourth-order valence-corrected chi connectivity index (χ4v) is 3.30. The molecular formula is C14H11Cl2LiO2P. The molecule has 6 heteroatoms. The van der Waals surface area contributed by atoms with Crippen LogP contribution in [-0.4, -0.2) is 31.5 Å². The number of methoxy groups -OCH3 is 1. The van der Waals surface area contributed by atoms with Crippen LogP contribution < -0.4 is 10.0 Å². The van der Waals surface area contributed by atoms with Crippen LogP contribution in [0, 0.1) is 0 Å². The molecule has 1 unspecified atom stereocenters. The van der Waals surface area contributed by atoms with Gasteiger partial charge in [-0.1, -0.05) is 41.4 Å². The molecule has 0 saturated heterocycles. The van der Waals surface area contributed by atoms with Crippen molar-refractivity contribution in [3.05, 3.63) is 58.1 Å². The molecule has 2 aromatic carbocycles. The average molecular weight is 320 g/mol. The molecule has 2 nitrogen and oxygen atoms in total. The second-order valence-corrected chi connectivity index (χ2v) is 5.88. The molecule has 0 aliphatic heterocycles. The van der Waals surface area contributed by atoms with E-state index in [9.17, 15) is 4.79 Å². The molecule has 2 aromatic rings. The molecule has 0 heterocycles. The van der Waals surface area contributed by atoms with Crippen molar-refractivity contribution in [2.75, 3.05) is 7.11 Å². The molecule has 0 N–H and O–H groups in total. The Bertz CT molecular complexity index is 582. The van der Waals surface area contributed by atoms with Crippen LogP contribution in [0.3, 0.4) is 0 Å². The van der Waals surface area contributed by atoms with E-state index in [1.807, 2.05) is 24.3 Å². The Morgan fingerprint density at radius 2 is 1.60 bits per heavy atom. The largest absolute Gasteiger partial charge is 0.497 e. The molecule has 0 fully saturated rings. The molecule has 0 aliphatic rings. The summed E-state index contributed by atoms with van der Waals surface area (Å²) in [5.74, 6) is 0.761. The van der Waals surface area contributed by atoms with Gasteiger partial charge < -0.3 is 4.74 Å². The summed E-state index contributed by atoms with van der Waals surface area (Å²) in [4.78, 5) is 12.2. The number of carbonyl (C=O) groups excluding carboxylic acids is 1. The minimum absolute atomic E-state index is 0. The van der Waals surface area contributed by atoms with Crippen LogP contribution >= 0.6 is 31.8 Å². The van der Waals surface area contributed by atoms with Gasteiger partial charge in [-0.3, -0.25) is 4.79 Å². The predicted octanol–water partition coefficient (Wildman–Crippen LogP) is 3.77. The first-order valence-corrected chi connectivity index (χ1v) is 7.27. The molecular weight excluding hydrogens is 309 g/mol. The van der Waals surface area contributed by atoms with Crippen LogP contribution in [0.1, 0.15) is 10.4 Å². The van der Waals surface area contributed by atoms with Crippen molar-refractivity contribution in [3.8, 4) is 5.75 Å². The van der Waals surface area contributed by atoms with E-state index in [1.165, 1.54) is 0 Å². The third-order valence-electron chi connectivity index (χ3n) is 2.54. The SMILES string of the molecule is COc1ccc(PC(=O)c2c(Cl)cccc2Cl)cc1.[Li]. The van der Waals surface area contributed by atoms with Crippen LogP contribution in [0.5, 0.6) is 5.75 Å². The zero-order valence-electron chi connectivity index (χ0n) is 11.1. The smallest absolute Gasteiger partial charge is 0.188 e. The number of ether oxygens (including phenoxy) is 1. The summed E-state index contributed by atoms with van der Waals surface area (Å²) in [6.07, 6.45) is 0. The summed E-state index contributed by atoms with van der Waals surface area (Å²) in [6, 6.07) is 12.4. The second-order valence-electron chi connectivity index (χ2n) is 3.78. The van der Waals surface area contributed by atoms with Gasteiger partial charge in [-0.05, 0) is 38.2 Å². The van der Waals surface area contributed by atoms with Crippen LogP contribution in [0.2, 0.25) is 10.0 Å². The summed E-state index contributed by atoms with van der Waals surface area (Å²) in [6.45, 7) is 0. The first-order valence-electron chi connectivity index (χ1n) is 5.51. The van der Waals surface area contributed by atoms with E-state index in [1.54, 1.807) is 25.3 Å². The Labute approximate surface area is 141 Å². The maximum Gasteiger partial charge on any atom is 0.188 e. The van der Waals surface area contributed by atoms with Gasteiger partial charge in [0.05, 0.1) is 22.7 Å². The average Bonchev–Trinajstić information content (AvgIpc) is 2.39. The molecule has 0 aliphatic carbocycles. The van der Waals surface area contributed by atoms with Crippen molar-refractivity contribution in [2.45, 2.75) is 0 Å². The Morgan fingerprint density at radius 1 is 1.05 bits per heavy atom. The quantitative estimate of drug-likeness (QED) is 0.633. The molecule has 0 saturated carbocycles. The molecule has 0 spiro atoms. The Hall–Kier alpha value is -0.483. The van der Waals surface area contributed by atoms with Gasteiger partial charge in [0.2, 0.25) is 0 Å². The van der Waals surface area contributed by atoms with E-state index in [-0.39, 0.29) is 33.0 Å². The Morgan fingerprint density at radius 3 is 2.10 bits per heavy atom. The fraction of sp³-hybridized carbons (Fsp3) is 0.0714. The standard InChI is InChI=1S/C14H11Cl2O2P.Li/c1-18-9-5-7-10(8-6-9)19-14(17)13-11(15)3-2-4-12(13)16;/h2-8,19H,1H3;. The second kappa shape index (κ2) is 8.08. The monoisotopic (exact) mass is 319 g/mol.